The molecule has 0 saturated carbocycles. The first-order chi connectivity index (χ1) is 13.7. The number of aryl methyl sites for hydroxylation is 1. The van der Waals surface area contributed by atoms with Crippen LogP contribution in [0.15, 0.2) is 77.2 Å². The summed E-state index contributed by atoms with van der Waals surface area (Å²) in [4.78, 5) is 19.9. The number of ether oxygens (including phenoxy) is 1. The normalized spacial score (nSPS) is 10.8. The van der Waals surface area contributed by atoms with Gasteiger partial charge in [0.15, 0.2) is 5.16 Å². The van der Waals surface area contributed by atoms with Crippen LogP contribution in [-0.2, 0) is 11.4 Å². The van der Waals surface area contributed by atoms with Crippen molar-refractivity contribution in [3.8, 4) is 5.75 Å². The number of nitrogens with zero attached hydrogens (tertiary/aromatic N) is 3. The number of carbonyl (C=O) groups is 1. The standard InChI is InChI=1S/C21H20N4O2S/c1-16-3-5-18(6-4-16)14-27-19-9-7-17(8-10-19)13-24-25-20(26)15-28-21-22-11-2-12-23-21/h2-13H,14-15H2,1H3,(H,25,26)/b24-13+. The molecule has 3 rings (SSSR count). The van der Waals surface area contributed by atoms with Crippen LogP contribution in [0, 0.1) is 6.92 Å². The molecular weight excluding hydrogens is 372 g/mol. The van der Waals surface area contributed by atoms with Crippen molar-refractivity contribution in [2.45, 2.75) is 18.7 Å². The highest BCUT2D eigenvalue weighted by Gasteiger charge is 2.03. The van der Waals surface area contributed by atoms with E-state index >= 15 is 0 Å². The Balaban J connectivity index is 1.41. The predicted octanol–water partition coefficient (Wildman–Crippen LogP) is 3.61. The Bertz CT molecular complexity index is 913. The van der Waals surface area contributed by atoms with Gasteiger partial charge in [0, 0.05) is 12.4 Å². The minimum absolute atomic E-state index is 0.202. The van der Waals surface area contributed by atoms with E-state index in [1.165, 1.54) is 17.3 Å². The second-order valence-corrected chi connectivity index (χ2v) is 6.90. The number of nitrogens with one attached hydrogen (secondary N) is 1. The second-order valence-electron chi connectivity index (χ2n) is 5.96. The van der Waals surface area contributed by atoms with E-state index < -0.39 is 0 Å². The molecule has 28 heavy (non-hydrogen) atoms. The molecule has 0 aliphatic heterocycles. The highest BCUT2D eigenvalue weighted by Crippen LogP contribution is 2.14. The van der Waals surface area contributed by atoms with Crippen molar-refractivity contribution >= 4 is 23.9 Å². The van der Waals surface area contributed by atoms with Crippen LogP contribution in [0.2, 0.25) is 0 Å². The minimum atomic E-state index is -0.216. The van der Waals surface area contributed by atoms with E-state index in [9.17, 15) is 4.79 Å². The lowest BCUT2D eigenvalue weighted by atomic mass is 10.2. The van der Waals surface area contributed by atoms with E-state index in [4.69, 9.17) is 4.74 Å². The molecule has 1 aromatic heterocycles. The number of hydrazone groups is 1. The van der Waals surface area contributed by atoms with Gasteiger partial charge in [0.05, 0.1) is 12.0 Å². The van der Waals surface area contributed by atoms with Gasteiger partial charge in [0.1, 0.15) is 12.4 Å². The van der Waals surface area contributed by atoms with Gasteiger partial charge in [-0.05, 0) is 48.4 Å². The van der Waals surface area contributed by atoms with Gasteiger partial charge in [-0.1, -0.05) is 41.6 Å². The average molecular weight is 392 g/mol. The van der Waals surface area contributed by atoms with Gasteiger partial charge in [0.2, 0.25) is 0 Å². The Hall–Kier alpha value is -3.19. The van der Waals surface area contributed by atoms with Crippen LogP contribution in [-0.4, -0.2) is 27.8 Å². The van der Waals surface area contributed by atoms with E-state index in [-0.39, 0.29) is 11.7 Å². The smallest absolute Gasteiger partial charge is 0.250 e. The number of rotatable bonds is 8. The summed E-state index contributed by atoms with van der Waals surface area (Å²) in [6, 6.07) is 17.5. The maximum Gasteiger partial charge on any atom is 0.250 e. The Morgan fingerprint density at radius 3 is 2.54 bits per heavy atom. The fourth-order valence-corrected chi connectivity index (χ4v) is 2.80. The van der Waals surface area contributed by atoms with Crippen molar-refractivity contribution in [1.29, 1.82) is 0 Å². The molecule has 0 bridgehead atoms. The molecule has 0 aliphatic carbocycles. The van der Waals surface area contributed by atoms with Crippen LogP contribution >= 0.6 is 11.8 Å². The van der Waals surface area contributed by atoms with E-state index in [1.807, 2.05) is 24.3 Å². The van der Waals surface area contributed by atoms with Crippen molar-refractivity contribution in [3.05, 3.63) is 83.7 Å². The third-order valence-corrected chi connectivity index (χ3v) is 4.56. The molecular formula is C21H20N4O2S. The lowest BCUT2D eigenvalue weighted by Gasteiger charge is -2.06. The molecule has 0 aliphatic rings. The molecule has 142 valence electrons. The van der Waals surface area contributed by atoms with Crippen LogP contribution < -0.4 is 10.2 Å². The number of hydrogen-bond donors (Lipinski definition) is 1. The third-order valence-electron chi connectivity index (χ3n) is 3.68. The highest BCUT2D eigenvalue weighted by molar-refractivity contribution is 7.99. The number of carbonyl (C=O) groups excluding carboxylic acids is 1. The summed E-state index contributed by atoms with van der Waals surface area (Å²) < 4.78 is 5.77. The van der Waals surface area contributed by atoms with Crippen molar-refractivity contribution in [2.75, 3.05) is 5.75 Å². The maximum atomic E-state index is 11.8. The Labute approximate surface area is 168 Å². The molecule has 0 saturated heterocycles. The fourth-order valence-electron chi connectivity index (χ4n) is 2.20. The molecule has 1 amide bonds. The van der Waals surface area contributed by atoms with Crippen LogP contribution in [0.1, 0.15) is 16.7 Å². The SMILES string of the molecule is Cc1ccc(COc2ccc(/C=N/NC(=O)CSc3ncccn3)cc2)cc1. The molecule has 0 fully saturated rings. The van der Waals surface area contributed by atoms with Gasteiger partial charge in [-0.25, -0.2) is 15.4 Å². The van der Waals surface area contributed by atoms with E-state index in [2.05, 4.69) is 51.7 Å². The Morgan fingerprint density at radius 1 is 1.11 bits per heavy atom. The molecule has 0 radical (unpaired) electrons. The summed E-state index contributed by atoms with van der Waals surface area (Å²) in [5.41, 5.74) is 5.70. The van der Waals surface area contributed by atoms with E-state index in [0.29, 0.717) is 11.8 Å². The van der Waals surface area contributed by atoms with Crippen LogP contribution in [0.4, 0.5) is 0 Å². The fraction of sp³-hybridized carbons (Fsp3) is 0.143. The third kappa shape index (κ3) is 6.51. The second kappa shape index (κ2) is 10.2. The molecule has 7 heteroatoms. The minimum Gasteiger partial charge on any atom is -0.489 e. The average Bonchev–Trinajstić information content (AvgIpc) is 2.73. The van der Waals surface area contributed by atoms with Crippen molar-refractivity contribution < 1.29 is 9.53 Å². The topological polar surface area (TPSA) is 76.5 Å². The lowest BCUT2D eigenvalue weighted by molar-refractivity contribution is -0.118. The predicted molar refractivity (Wildman–Crippen MR) is 110 cm³/mol. The zero-order valence-electron chi connectivity index (χ0n) is 15.4. The largest absolute Gasteiger partial charge is 0.489 e. The number of aromatic nitrogens is 2. The molecule has 3 aromatic rings. The van der Waals surface area contributed by atoms with Crippen LogP contribution in [0.5, 0.6) is 5.75 Å². The van der Waals surface area contributed by atoms with Crippen molar-refractivity contribution in [3.63, 3.8) is 0 Å². The van der Waals surface area contributed by atoms with Gasteiger partial charge in [-0.15, -0.1) is 0 Å². The quantitative estimate of drug-likeness (QED) is 0.274. The van der Waals surface area contributed by atoms with E-state index in [0.717, 1.165) is 16.9 Å². The molecule has 2 aromatic carbocycles. The van der Waals surface area contributed by atoms with E-state index in [1.54, 1.807) is 24.7 Å². The Kier molecular flexibility index (Phi) is 7.14. The molecule has 1 heterocycles. The first-order valence-electron chi connectivity index (χ1n) is 8.69. The summed E-state index contributed by atoms with van der Waals surface area (Å²) in [5, 5.41) is 4.52. The molecule has 0 atom stereocenters. The summed E-state index contributed by atoms with van der Waals surface area (Å²) in [5.74, 6) is 0.764. The zero-order chi connectivity index (χ0) is 19.6. The number of amides is 1. The summed E-state index contributed by atoms with van der Waals surface area (Å²) in [7, 11) is 0. The summed E-state index contributed by atoms with van der Waals surface area (Å²) in [6.07, 6.45) is 4.87. The molecule has 1 N–H and O–H groups in total. The zero-order valence-corrected chi connectivity index (χ0v) is 16.2. The summed E-state index contributed by atoms with van der Waals surface area (Å²) in [6.45, 7) is 2.58. The number of thioether (sulfide) groups is 1. The Morgan fingerprint density at radius 2 is 1.82 bits per heavy atom. The van der Waals surface area contributed by atoms with Gasteiger partial charge < -0.3 is 4.74 Å². The van der Waals surface area contributed by atoms with Crippen LogP contribution in [0.3, 0.4) is 0 Å². The highest BCUT2D eigenvalue weighted by atomic mass is 32.2. The molecule has 6 nitrogen and oxygen atoms in total. The van der Waals surface area contributed by atoms with Crippen molar-refractivity contribution in [1.82, 2.24) is 15.4 Å². The van der Waals surface area contributed by atoms with Gasteiger partial charge in [0.25, 0.3) is 5.91 Å². The lowest BCUT2D eigenvalue weighted by Crippen LogP contribution is -2.19. The number of hydrogen-bond acceptors (Lipinski definition) is 6. The van der Waals surface area contributed by atoms with Crippen LogP contribution in [0.25, 0.3) is 0 Å². The first-order valence-corrected chi connectivity index (χ1v) is 9.68. The number of benzene rings is 2. The van der Waals surface area contributed by atoms with Gasteiger partial charge in [-0.3, -0.25) is 4.79 Å². The summed E-state index contributed by atoms with van der Waals surface area (Å²) >= 11 is 1.26. The first kappa shape index (κ1) is 19.6. The van der Waals surface area contributed by atoms with Gasteiger partial charge in [-0.2, -0.15) is 5.10 Å². The van der Waals surface area contributed by atoms with Crippen molar-refractivity contribution in [2.24, 2.45) is 5.10 Å². The molecule has 0 spiro atoms. The van der Waals surface area contributed by atoms with Gasteiger partial charge >= 0.3 is 0 Å². The maximum absolute atomic E-state index is 11.8. The molecule has 0 unspecified atom stereocenters. The monoisotopic (exact) mass is 392 g/mol.